The number of rotatable bonds is 4. The van der Waals surface area contributed by atoms with Crippen molar-refractivity contribution in [1.29, 1.82) is 0 Å². The third-order valence-electron chi connectivity index (χ3n) is 5.07. The van der Waals surface area contributed by atoms with Crippen LogP contribution < -0.4 is 16.4 Å². The van der Waals surface area contributed by atoms with Crippen molar-refractivity contribution in [2.24, 2.45) is 23.5 Å². The molecule has 5 heteroatoms. The van der Waals surface area contributed by atoms with Crippen LogP contribution in [-0.2, 0) is 4.79 Å². The first-order valence-corrected chi connectivity index (χ1v) is 7.39. The van der Waals surface area contributed by atoms with Gasteiger partial charge in [0.15, 0.2) is 0 Å². The molecule has 4 N–H and O–H groups in total. The van der Waals surface area contributed by atoms with Gasteiger partial charge < -0.3 is 16.4 Å². The SMILES string of the molecule is NC(=O)CCNC(=O)NC12CC3CC(CC(C3)C1)C2. The van der Waals surface area contributed by atoms with Gasteiger partial charge in [-0.3, -0.25) is 4.79 Å². The summed E-state index contributed by atoms with van der Waals surface area (Å²) in [7, 11) is 0. The van der Waals surface area contributed by atoms with Gasteiger partial charge in [-0.15, -0.1) is 0 Å². The summed E-state index contributed by atoms with van der Waals surface area (Å²) in [5.74, 6) is 2.07. The number of carbonyl (C=O) groups excluding carboxylic acids is 2. The Hall–Kier alpha value is -1.26. The Morgan fingerprint density at radius 2 is 1.58 bits per heavy atom. The largest absolute Gasteiger partial charge is 0.370 e. The molecule has 4 aliphatic carbocycles. The van der Waals surface area contributed by atoms with Crippen LogP contribution in [0.5, 0.6) is 0 Å². The molecule has 0 saturated heterocycles. The molecule has 0 aliphatic heterocycles. The second kappa shape index (κ2) is 4.69. The van der Waals surface area contributed by atoms with Crippen molar-refractivity contribution in [3.8, 4) is 0 Å². The Morgan fingerprint density at radius 3 is 2.05 bits per heavy atom. The number of carbonyl (C=O) groups is 2. The van der Waals surface area contributed by atoms with E-state index >= 15 is 0 Å². The number of hydrogen-bond donors (Lipinski definition) is 3. The summed E-state index contributed by atoms with van der Waals surface area (Å²) >= 11 is 0. The van der Waals surface area contributed by atoms with E-state index in [0.717, 1.165) is 37.0 Å². The van der Waals surface area contributed by atoms with E-state index in [4.69, 9.17) is 5.73 Å². The molecule has 4 bridgehead atoms. The van der Waals surface area contributed by atoms with Gasteiger partial charge in [0.25, 0.3) is 0 Å². The van der Waals surface area contributed by atoms with Crippen molar-refractivity contribution in [2.45, 2.75) is 50.5 Å². The lowest BCUT2D eigenvalue weighted by Gasteiger charge is -2.56. The third kappa shape index (κ3) is 2.69. The first kappa shape index (κ1) is 12.8. The predicted molar refractivity (Wildman–Crippen MR) is 71.2 cm³/mol. The van der Waals surface area contributed by atoms with Crippen molar-refractivity contribution >= 4 is 11.9 Å². The molecule has 0 spiro atoms. The van der Waals surface area contributed by atoms with Crippen molar-refractivity contribution in [3.63, 3.8) is 0 Å². The molecule has 4 rings (SSSR count). The van der Waals surface area contributed by atoms with Gasteiger partial charge in [-0.25, -0.2) is 4.79 Å². The molecule has 0 unspecified atom stereocenters. The van der Waals surface area contributed by atoms with E-state index in [1.54, 1.807) is 0 Å². The van der Waals surface area contributed by atoms with Crippen LogP contribution in [0.1, 0.15) is 44.9 Å². The van der Waals surface area contributed by atoms with Gasteiger partial charge in [0, 0.05) is 18.5 Å². The van der Waals surface area contributed by atoms with Gasteiger partial charge in [0.1, 0.15) is 0 Å². The first-order chi connectivity index (χ1) is 9.05. The zero-order valence-corrected chi connectivity index (χ0v) is 11.3. The van der Waals surface area contributed by atoms with Crippen molar-refractivity contribution in [3.05, 3.63) is 0 Å². The molecule has 0 aromatic heterocycles. The van der Waals surface area contributed by atoms with Gasteiger partial charge in [0.2, 0.25) is 5.91 Å². The summed E-state index contributed by atoms with van der Waals surface area (Å²) in [5.41, 5.74) is 5.09. The van der Waals surface area contributed by atoms with Gasteiger partial charge in [-0.1, -0.05) is 0 Å². The van der Waals surface area contributed by atoms with E-state index in [9.17, 15) is 9.59 Å². The maximum atomic E-state index is 11.9. The molecule has 0 atom stereocenters. The number of nitrogens with one attached hydrogen (secondary N) is 2. The molecule has 0 radical (unpaired) electrons. The first-order valence-electron chi connectivity index (χ1n) is 7.39. The molecule has 0 aromatic rings. The van der Waals surface area contributed by atoms with E-state index in [1.807, 2.05) is 0 Å². The fourth-order valence-corrected chi connectivity index (χ4v) is 4.85. The topological polar surface area (TPSA) is 84.2 Å². The normalized spacial score (nSPS) is 39.1. The highest BCUT2D eigenvalue weighted by atomic mass is 16.2. The smallest absolute Gasteiger partial charge is 0.315 e. The molecule has 4 aliphatic rings. The second-order valence-electron chi connectivity index (χ2n) is 6.80. The van der Waals surface area contributed by atoms with Crippen LogP contribution in [0.2, 0.25) is 0 Å². The molecule has 4 saturated carbocycles. The van der Waals surface area contributed by atoms with Crippen LogP contribution in [0.3, 0.4) is 0 Å². The summed E-state index contributed by atoms with van der Waals surface area (Å²) in [6.45, 7) is 0.327. The Balaban J connectivity index is 1.54. The van der Waals surface area contributed by atoms with Crippen LogP contribution in [0.25, 0.3) is 0 Å². The van der Waals surface area contributed by atoms with E-state index in [2.05, 4.69) is 10.6 Å². The van der Waals surface area contributed by atoms with E-state index < -0.39 is 0 Å². The van der Waals surface area contributed by atoms with Crippen LogP contribution in [0.15, 0.2) is 0 Å². The average Bonchev–Trinajstić information content (AvgIpc) is 2.25. The summed E-state index contributed by atoms with van der Waals surface area (Å²) in [5, 5.41) is 5.93. The number of primary amides is 1. The minimum atomic E-state index is -0.380. The average molecular weight is 265 g/mol. The second-order valence-corrected chi connectivity index (χ2v) is 6.80. The van der Waals surface area contributed by atoms with E-state index in [1.165, 1.54) is 19.3 Å². The summed E-state index contributed by atoms with van der Waals surface area (Å²) in [6, 6.07) is -0.136. The zero-order valence-electron chi connectivity index (χ0n) is 11.3. The Kier molecular flexibility index (Phi) is 3.15. The standard InChI is InChI=1S/C14H23N3O2/c15-12(18)1-2-16-13(19)17-14-6-9-3-10(7-14)5-11(4-9)8-14/h9-11H,1-8H2,(H2,15,18)(H2,16,17,19). The molecule has 106 valence electrons. The van der Waals surface area contributed by atoms with Crippen LogP contribution in [0, 0.1) is 17.8 Å². The van der Waals surface area contributed by atoms with E-state index in [0.29, 0.717) is 6.54 Å². The Bertz CT molecular complexity index is 359. The molecule has 3 amide bonds. The molecular weight excluding hydrogens is 242 g/mol. The maximum Gasteiger partial charge on any atom is 0.315 e. The highest BCUT2D eigenvalue weighted by Gasteiger charge is 2.51. The van der Waals surface area contributed by atoms with Crippen LogP contribution in [0.4, 0.5) is 4.79 Å². The molecule has 19 heavy (non-hydrogen) atoms. The molecule has 4 fully saturated rings. The molecule has 0 aromatic carbocycles. The van der Waals surface area contributed by atoms with Crippen LogP contribution in [-0.4, -0.2) is 24.0 Å². The maximum absolute atomic E-state index is 11.9. The van der Waals surface area contributed by atoms with Gasteiger partial charge in [0.05, 0.1) is 0 Å². The van der Waals surface area contributed by atoms with Gasteiger partial charge >= 0.3 is 6.03 Å². The van der Waals surface area contributed by atoms with Crippen molar-refractivity contribution in [2.75, 3.05) is 6.54 Å². The third-order valence-corrected chi connectivity index (χ3v) is 5.07. The number of nitrogens with two attached hydrogens (primary N) is 1. The molecular formula is C14H23N3O2. The Labute approximate surface area is 113 Å². The van der Waals surface area contributed by atoms with Crippen molar-refractivity contribution < 1.29 is 9.59 Å². The highest BCUT2D eigenvalue weighted by molar-refractivity contribution is 5.77. The fourth-order valence-electron chi connectivity index (χ4n) is 4.85. The number of urea groups is 1. The zero-order chi connectivity index (χ0) is 13.5. The lowest BCUT2D eigenvalue weighted by molar-refractivity contribution is -0.117. The quantitative estimate of drug-likeness (QED) is 0.712. The summed E-state index contributed by atoms with van der Waals surface area (Å²) in [4.78, 5) is 22.6. The molecule has 0 heterocycles. The lowest BCUT2D eigenvalue weighted by atomic mass is 9.53. The number of hydrogen-bond acceptors (Lipinski definition) is 2. The minimum absolute atomic E-state index is 0.0333. The summed E-state index contributed by atoms with van der Waals surface area (Å²) in [6.07, 6.45) is 7.72. The highest BCUT2D eigenvalue weighted by Crippen LogP contribution is 2.55. The lowest BCUT2D eigenvalue weighted by Crippen LogP contribution is -2.61. The minimum Gasteiger partial charge on any atom is -0.370 e. The van der Waals surface area contributed by atoms with Gasteiger partial charge in [-0.2, -0.15) is 0 Å². The predicted octanol–water partition coefficient (Wildman–Crippen LogP) is 1.13. The monoisotopic (exact) mass is 265 g/mol. The van der Waals surface area contributed by atoms with E-state index in [-0.39, 0.29) is 23.9 Å². The number of amides is 3. The summed E-state index contributed by atoms with van der Waals surface area (Å²) < 4.78 is 0. The fraction of sp³-hybridized carbons (Fsp3) is 0.857. The van der Waals surface area contributed by atoms with Crippen molar-refractivity contribution in [1.82, 2.24) is 10.6 Å². The Morgan fingerprint density at radius 1 is 1.05 bits per heavy atom. The van der Waals surface area contributed by atoms with Gasteiger partial charge in [-0.05, 0) is 56.3 Å². The van der Waals surface area contributed by atoms with Crippen LogP contribution >= 0.6 is 0 Å². The molecule has 5 nitrogen and oxygen atoms in total.